The van der Waals surface area contributed by atoms with Crippen LogP contribution in [0.15, 0.2) is 18.2 Å². The van der Waals surface area contributed by atoms with Gasteiger partial charge in [-0.3, -0.25) is 4.79 Å². The Balaban J connectivity index is 2.17. The van der Waals surface area contributed by atoms with Crippen molar-refractivity contribution in [2.45, 2.75) is 46.0 Å². The van der Waals surface area contributed by atoms with Crippen molar-refractivity contribution in [3.8, 4) is 0 Å². The van der Waals surface area contributed by atoms with Gasteiger partial charge in [0.1, 0.15) is 11.6 Å². The van der Waals surface area contributed by atoms with Gasteiger partial charge in [-0.1, -0.05) is 44.4 Å². The Morgan fingerprint density at radius 3 is 2.79 bits per heavy atom. The SMILES string of the molecule is CC1(C)CCCCC1C(=O)Cc1c(F)cccc1Cl. The molecule has 0 spiro atoms. The zero-order valence-corrected chi connectivity index (χ0v) is 12.3. The van der Waals surface area contributed by atoms with Gasteiger partial charge in [0.15, 0.2) is 0 Å². The molecule has 0 saturated heterocycles. The lowest BCUT2D eigenvalue weighted by atomic mass is 9.66. The third kappa shape index (κ3) is 3.17. The quantitative estimate of drug-likeness (QED) is 0.778. The van der Waals surface area contributed by atoms with Crippen molar-refractivity contribution in [3.63, 3.8) is 0 Å². The number of hydrogen-bond acceptors (Lipinski definition) is 1. The Bertz CT molecular complexity index is 461. The van der Waals surface area contributed by atoms with Crippen molar-refractivity contribution in [3.05, 3.63) is 34.6 Å². The van der Waals surface area contributed by atoms with Crippen LogP contribution in [-0.4, -0.2) is 5.78 Å². The number of rotatable bonds is 3. The summed E-state index contributed by atoms with van der Waals surface area (Å²) in [5, 5.41) is 0.349. The smallest absolute Gasteiger partial charge is 0.141 e. The summed E-state index contributed by atoms with van der Waals surface area (Å²) in [5.74, 6) is -0.233. The molecule has 19 heavy (non-hydrogen) atoms. The summed E-state index contributed by atoms with van der Waals surface area (Å²) in [6.45, 7) is 4.27. The molecule has 0 amide bonds. The van der Waals surface area contributed by atoms with E-state index >= 15 is 0 Å². The second-order valence-electron chi connectivity index (χ2n) is 6.13. The van der Waals surface area contributed by atoms with Crippen molar-refractivity contribution in [2.75, 3.05) is 0 Å². The van der Waals surface area contributed by atoms with Gasteiger partial charge in [-0.25, -0.2) is 4.39 Å². The third-order valence-electron chi connectivity index (χ3n) is 4.31. The lowest BCUT2D eigenvalue weighted by Gasteiger charge is -2.37. The lowest BCUT2D eigenvalue weighted by Crippen LogP contribution is -2.35. The molecule has 1 aromatic carbocycles. The van der Waals surface area contributed by atoms with Crippen molar-refractivity contribution in [2.24, 2.45) is 11.3 Å². The highest BCUT2D eigenvalue weighted by atomic mass is 35.5. The summed E-state index contributed by atoms with van der Waals surface area (Å²) in [7, 11) is 0. The molecule has 0 aromatic heterocycles. The van der Waals surface area contributed by atoms with Crippen LogP contribution >= 0.6 is 11.6 Å². The molecule has 1 aromatic rings. The minimum Gasteiger partial charge on any atom is -0.299 e. The Morgan fingerprint density at radius 2 is 2.16 bits per heavy atom. The van der Waals surface area contributed by atoms with E-state index in [1.54, 1.807) is 12.1 Å². The van der Waals surface area contributed by atoms with Crippen LogP contribution in [0.4, 0.5) is 4.39 Å². The van der Waals surface area contributed by atoms with Crippen LogP contribution in [0.1, 0.15) is 45.1 Å². The summed E-state index contributed by atoms with van der Waals surface area (Å²) < 4.78 is 13.7. The van der Waals surface area contributed by atoms with E-state index in [-0.39, 0.29) is 29.4 Å². The van der Waals surface area contributed by atoms with Crippen LogP contribution in [0, 0.1) is 17.2 Å². The first-order chi connectivity index (χ1) is 8.92. The summed E-state index contributed by atoms with van der Waals surface area (Å²) >= 11 is 5.99. The van der Waals surface area contributed by atoms with Crippen LogP contribution in [0.25, 0.3) is 0 Å². The van der Waals surface area contributed by atoms with E-state index in [9.17, 15) is 9.18 Å². The number of halogens is 2. The Labute approximate surface area is 119 Å². The maximum atomic E-state index is 13.7. The first-order valence-electron chi connectivity index (χ1n) is 6.87. The van der Waals surface area contributed by atoms with E-state index in [2.05, 4.69) is 13.8 Å². The molecule has 0 heterocycles. The van der Waals surface area contributed by atoms with E-state index in [0.717, 1.165) is 19.3 Å². The minimum atomic E-state index is -0.380. The largest absolute Gasteiger partial charge is 0.299 e. The number of carbonyl (C=O) groups excluding carboxylic acids is 1. The van der Waals surface area contributed by atoms with Crippen molar-refractivity contribution < 1.29 is 9.18 Å². The first kappa shape index (κ1) is 14.5. The van der Waals surface area contributed by atoms with E-state index in [4.69, 9.17) is 11.6 Å². The predicted molar refractivity (Wildman–Crippen MR) is 75.9 cm³/mol. The molecule has 1 unspecified atom stereocenters. The number of hydrogen-bond donors (Lipinski definition) is 0. The standard InChI is InChI=1S/C16H20ClFO/c1-16(2)9-4-3-6-12(16)15(19)10-11-13(17)7-5-8-14(11)18/h5,7-8,12H,3-4,6,9-10H2,1-2H3. The lowest BCUT2D eigenvalue weighted by molar-refractivity contribution is -0.127. The van der Waals surface area contributed by atoms with Gasteiger partial charge < -0.3 is 0 Å². The zero-order chi connectivity index (χ0) is 14.0. The van der Waals surface area contributed by atoms with E-state index < -0.39 is 0 Å². The molecule has 1 aliphatic carbocycles. The van der Waals surface area contributed by atoms with Crippen LogP contribution in [0.3, 0.4) is 0 Å². The van der Waals surface area contributed by atoms with Crippen LogP contribution in [0.5, 0.6) is 0 Å². The molecule has 1 aliphatic rings. The number of ketones is 1. The Morgan fingerprint density at radius 1 is 1.42 bits per heavy atom. The zero-order valence-electron chi connectivity index (χ0n) is 11.5. The topological polar surface area (TPSA) is 17.1 Å². The van der Waals surface area contributed by atoms with Gasteiger partial charge in [0, 0.05) is 22.9 Å². The summed E-state index contributed by atoms with van der Waals surface area (Å²) in [6.07, 6.45) is 4.36. The predicted octanol–water partition coefficient (Wildman–Crippen LogP) is 4.81. The fraction of sp³-hybridized carbons (Fsp3) is 0.562. The third-order valence-corrected chi connectivity index (χ3v) is 4.66. The first-order valence-corrected chi connectivity index (χ1v) is 7.25. The average molecular weight is 283 g/mol. The molecular weight excluding hydrogens is 263 g/mol. The second kappa shape index (κ2) is 5.62. The summed E-state index contributed by atoms with van der Waals surface area (Å²) in [5.41, 5.74) is 0.364. The van der Waals surface area contributed by atoms with E-state index in [1.165, 1.54) is 12.5 Å². The normalized spacial score (nSPS) is 22.2. The molecule has 2 rings (SSSR count). The van der Waals surface area contributed by atoms with Gasteiger partial charge >= 0.3 is 0 Å². The maximum absolute atomic E-state index is 13.7. The van der Waals surface area contributed by atoms with Gasteiger partial charge in [0.25, 0.3) is 0 Å². The highest BCUT2D eigenvalue weighted by Crippen LogP contribution is 2.41. The molecule has 1 atom stereocenters. The summed E-state index contributed by atoms with van der Waals surface area (Å²) in [4.78, 5) is 12.5. The number of Topliss-reactive ketones (excluding diaryl/α,β-unsaturated/α-hetero) is 1. The Hall–Kier alpha value is -0.890. The van der Waals surface area contributed by atoms with Crippen LogP contribution < -0.4 is 0 Å². The van der Waals surface area contributed by atoms with Crippen molar-refractivity contribution in [1.29, 1.82) is 0 Å². The molecule has 1 fully saturated rings. The molecule has 0 radical (unpaired) electrons. The van der Waals surface area contributed by atoms with Gasteiger partial charge in [-0.05, 0) is 30.4 Å². The molecule has 0 bridgehead atoms. The molecule has 1 nitrogen and oxygen atoms in total. The highest BCUT2D eigenvalue weighted by Gasteiger charge is 2.37. The van der Waals surface area contributed by atoms with Crippen molar-refractivity contribution >= 4 is 17.4 Å². The van der Waals surface area contributed by atoms with Gasteiger partial charge in [0.05, 0.1) is 0 Å². The van der Waals surface area contributed by atoms with Crippen LogP contribution in [-0.2, 0) is 11.2 Å². The molecule has 0 N–H and O–H groups in total. The highest BCUT2D eigenvalue weighted by molar-refractivity contribution is 6.31. The minimum absolute atomic E-state index is 0.0209. The fourth-order valence-corrected chi connectivity index (χ4v) is 3.32. The van der Waals surface area contributed by atoms with E-state index in [1.807, 2.05) is 0 Å². The average Bonchev–Trinajstić information content (AvgIpc) is 2.33. The van der Waals surface area contributed by atoms with E-state index in [0.29, 0.717) is 10.6 Å². The second-order valence-corrected chi connectivity index (χ2v) is 6.54. The number of carbonyl (C=O) groups is 1. The number of benzene rings is 1. The molecule has 3 heteroatoms. The molecular formula is C16H20ClFO. The summed E-state index contributed by atoms with van der Waals surface area (Å²) in [6, 6.07) is 4.57. The molecule has 1 saturated carbocycles. The monoisotopic (exact) mass is 282 g/mol. The van der Waals surface area contributed by atoms with Gasteiger partial charge in [-0.15, -0.1) is 0 Å². The Kier molecular flexibility index (Phi) is 4.29. The van der Waals surface area contributed by atoms with Gasteiger partial charge in [-0.2, -0.15) is 0 Å². The molecule has 104 valence electrons. The molecule has 0 aliphatic heterocycles. The van der Waals surface area contributed by atoms with Crippen molar-refractivity contribution in [1.82, 2.24) is 0 Å². The van der Waals surface area contributed by atoms with Gasteiger partial charge in [0.2, 0.25) is 0 Å². The maximum Gasteiger partial charge on any atom is 0.141 e. The van der Waals surface area contributed by atoms with Crippen LogP contribution in [0.2, 0.25) is 5.02 Å². The fourth-order valence-electron chi connectivity index (χ4n) is 3.09.